The fourth-order valence-electron chi connectivity index (χ4n) is 12.3. The van der Waals surface area contributed by atoms with Crippen molar-refractivity contribution in [2.45, 2.75) is 241 Å². The first-order chi connectivity index (χ1) is 52.2. The second-order valence-electron chi connectivity index (χ2n) is 27.7. The van der Waals surface area contributed by atoms with Crippen LogP contribution in [0.4, 0.5) is 0 Å². The average molecular weight is 1550 g/mol. The van der Waals surface area contributed by atoms with Gasteiger partial charge in [0.05, 0.1) is 12.5 Å². The van der Waals surface area contributed by atoms with Crippen molar-refractivity contribution in [1.29, 1.82) is 0 Å². The number of aliphatic carboxylic acids is 1. The van der Waals surface area contributed by atoms with Crippen LogP contribution in [-0.4, -0.2) is 229 Å². The Labute approximate surface area is 641 Å². The van der Waals surface area contributed by atoms with Gasteiger partial charge in [0.2, 0.25) is 76.8 Å². The Morgan fingerprint density at radius 2 is 0.873 bits per heavy atom. The van der Waals surface area contributed by atoms with Gasteiger partial charge in [0.25, 0.3) is 0 Å². The van der Waals surface area contributed by atoms with Gasteiger partial charge < -0.3 is 126 Å². The highest BCUT2D eigenvalue weighted by Crippen LogP contribution is 2.22. The summed E-state index contributed by atoms with van der Waals surface area (Å²) in [5.41, 5.74) is 56.6. The van der Waals surface area contributed by atoms with Crippen LogP contribution in [-0.2, 0) is 73.5 Å². The van der Waals surface area contributed by atoms with Gasteiger partial charge in [-0.2, -0.15) is 0 Å². The van der Waals surface area contributed by atoms with Crippen LogP contribution in [0.1, 0.15) is 168 Å². The van der Waals surface area contributed by atoms with E-state index in [0.29, 0.717) is 50.6 Å². The third-order valence-electron chi connectivity index (χ3n) is 18.9. The summed E-state index contributed by atoms with van der Waals surface area (Å²) >= 11 is 0. The topological polar surface area (TPSA) is 692 Å². The van der Waals surface area contributed by atoms with Crippen molar-refractivity contribution in [3.63, 3.8) is 0 Å². The van der Waals surface area contributed by atoms with Crippen molar-refractivity contribution in [2.24, 2.45) is 84.1 Å². The summed E-state index contributed by atoms with van der Waals surface area (Å²) < 4.78 is 0. The van der Waals surface area contributed by atoms with Crippen molar-refractivity contribution < 1.29 is 72.2 Å². The lowest BCUT2D eigenvalue weighted by molar-refractivity contribution is -0.143. The van der Waals surface area contributed by atoms with Gasteiger partial charge in [0.15, 0.2) is 17.9 Å². The number of carbonyl (C=O) groups excluding carboxylic acids is 13. The van der Waals surface area contributed by atoms with Crippen molar-refractivity contribution in [3.05, 3.63) is 35.9 Å². The Bertz CT molecular complexity index is 3290. The normalized spacial score (nSPS) is 17.1. The quantitative estimate of drug-likeness (QED) is 0.0164. The largest absolute Gasteiger partial charge is 0.480 e. The highest BCUT2D eigenvalue weighted by atomic mass is 16.4. The zero-order chi connectivity index (χ0) is 82.0. The van der Waals surface area contributed by atoms with Crippen LogP contribution in [0.15, 0.2) is 45.3 Å². The van der Waals surface area contributed by atoms with E-state index in [2.05, 4.69) is 73.5 Å². The molecule has 1 aromatic carbocycles. The molecule has 616 valence electrons. The van der Waals surface area contributed by atoms with Crippen LogP contribution < -0.4 is 116 Å². The van der Waals surface area contributed by atoms with E-state index in [0.717, 1.165) is 6.42 Å². The molecule has 3 rings (SSSR count). The maximum Gasteiger partial charge on any atom is 0.326 e. The number of carbonyl (C=O) groups is 14. The van der Waals surface area contributed by atoms with Gasteiger partial charge in [-0.25, -0.2) is 4.79 Å². The number of nitrogens with zero attached hydrogens (tertiary/aromatic N) is 4. The zero-order valence-electron chi connectivity index (χ0n) is 63.7. The van der Waals surface area contributed by atoms with Crippen LogP contribution >= 0.6 is 0 Å². The second kappa shape index (κ2) is 50.2. The summed E-state index contributed by atoms with van der Waals surface area (Å²) in [4.78, 5) is 208. The lowest BCUT2D eigenvalue weighted by Gasteiger charge is -2.32. The first-order valence-corrected chi connectivity index (χ1v) is 37.7. The Hall–Kier alpha value is -10.5. The van der Waals surface area contributed by atoms with Crippen molar-refractivity contribution >= 4 is 101 Å². The number of primary amides is 2. The lowest BCUT2D eigenvalue weighted by Crippen LogP contribution is -2.61. The van der Waals surface area contributed by atoms with Gasteiger partial charge in [0, 0.05) is 39.0 Å². The molecule has 110 heavy (non-hydrogen) atoms. The molecule has 13 amide bonds. The molecule has 0 aromatic heterocycles. The number of guanidine groups is 3. The number of carboxylic acids is 1. The number of carboxylic acid groups (broad SMARTS) is 1. The van der Waals surface area contributed by atoms with E-state index in [1.807, 2.05) is 0 Å². The van der Waals surface area contributed by atoms with Gasteiger partial charge in [-0.05, 0) is 146 Å². The van der Waals surface area contributed by atoms with E-state index < -0.39 is 180 Å². The summed E-state index contributed by atoms with van der Waals surface area (Å²) in [5, 5.41) is 39.6. The fraction of sp³-hybridized carbons (Fsp3) is 0.671. The molecule has 2 heterocycles. The Morgan fingerprint density at radius 3 is 1.31 bits per heavy atom. The number of benzene rings is 1. The van der Waals surface area contributed by atoms with Crippen molar-refractivity contribution in [2.75, 3.05) is 45.8 Å². The van der Waals surface area contributed by atoms with E-state index in [4.69, 9.17) is 57.3 Å². The molecule has 14 atom stereocenters. The van der Waals surface area contributed by atoms with Gasteiger partial charge in [-0.15, -0.1) is 0 Å². The van der Waals surface area contributed by atoms with Crippen LogP contribution in [0.2, 0.25) is 0 Å². The summed E-state index contributed by atoms with van der Waals surface area (Å²) in [7, 11) is 0. The van der Waals surface area contributed by atoms with Crippen LogP contribution in [0.25, 0.3) is 0 Å². The molecule has 0 radical (unpaired) electrons. The summed E-state index contributed by atoms with van der Waals surface area (Å²) in [6.45, 7) is 8.02. The second-order valence-corrected chi connectivity index (χ2v) is 27.7. The minimum atomic E-state index is -1.79. The maximum absolute atomic E-state index is 15.0. The van der Waals surface area contributed by atoms with E-state index in [-0.39, 0.29) is 141 Å². The first kappa shape index (κ1) is 93.7. The molecule has 2 saturated heterocycles. The molecule has 2 aliphatic heterocycles. The predicted octanol–water partition coefficient (Wildman–Crippen LogP) is -6.44. The molecule has 40 heteroatoms. The van der Waals surface area contributed by atoms with Crippen LogP contribution in [0, 0.1) is 11.8 Å². The first-order valence-electron chi connectivity index (χ1n) is 37.7. The maximum atomic E-state index is 15.0. The highest BCUT2D eigenvalue weighted by molar-refractivity contribution is 6.00. The number of nitrogens with two attached hydrogens (primary N) is 10. The molecule has 1 aromatic rings. The molecule has 0 saturated carbocycles. The number of aliphatic imine (C=N–C) groups is 3. The fourth-order valence-corrected chi connectivity index (χ4v) is 12.3. The molecule has 0 bridgehead atoms. The average Bonchev–Trinajstić information content (AvgIpc) is 1.62. The van der Waals surface area contributed by atoms with Crippen molar-refractivity contribution in [3.8, 4) is 0 Å². The number of amides is 13. The predicted molar refractivity (Wildman–Crippen MR) is 410 cm³/mol. The monoisotopic (exact) mass is 1550 g/mol. The number of hydrogen-bond donors (Lipinski definition) is 22. The van der Waals surface area contributed by atoms with Crippen LogP contribution in [0.5, 0.6) is 0 Å². The molecule has 40 nitrogen and oxygen atoms in total. The summed E-state index contributed by atoms with van der Waals surface area (Å²) in [6.07, 6.45) is 2.22. The van der Waals surface area contributed by atoms with E-state index in [9.17, 15) is 67.4 Å². The minimum Gasteiger partial charge on any atom is -0.480 e. The number of likely N-dealkylation sites (tertiary alicyclic amines) is 1. The Balaban J connectivity index is 1.98. The van der Waals surface area contributed by atoms with E-state index >= 15 is 4.79 Å². The third kappa shape index (κ3) is 34.4. The molecular formula is C70H121N25O15. The number of hydrogen-bond acceptors (Lipinski definition) is 20. The molecule has 2 fully saturated rings. The third-order valence-corrected chi connectivity index (χ3v) is 18.9. The highest BCUT2D eigenvalue weighted by Gasteiger charge is 2.42. The van der Waals surface area contributed by atoms with Gasteiger partial charge >= 0.3 is 5.97 Å². The number of unbranched alkanes of at least 4 members (excludes halogenated alkanes) is 2. The minimum absolute atomic E-state index is 0.0142. The molecule has 32 N–H and O–H groups in total. The molecule has 0 aliphatic carbocycles. The SMILES string of the molecule is CC[C@H](C)[C@H](NC(=O)[C@H](CCCCN)NC(=O)[C@H](CCCN=C(N)N)NC(=O)[C@@H]1CCCN1C(=O)[C@H](CCCCN)NC(=O)[C@@H](NC(=O)[C@H](CCCN=C(N)N)NC(=O)[C@H](CCCN=C(N)N)NC(=O)[C@@H]1CCCN1)[C@@H](C)CC)C(=O)N[C@@H](CC(N)=O)C(=O)N[C@@H](Cc1ccccc1)C(=O)N[C@@H](CCC(N)=O)C(=O)O. The zero-order valence-corrected chi connectivity index (χ0v) is 63.7. The molecular weight excluding hydrogens is 1430 g/mol. The van der Waals surface area contributed by atoms with Gasteiger partial charge in [0.1, 0.15) is 66.5 Å². The number of rotatable bonds is 53. The van der Waals surface area contributed by atoms with E-state index in [1.165, 1.54) is 4.90 Å². The van der Waals surface area contributed by atoms with Crippen LogP contribution in [0.3, 0.4) is 0 Å². The van der Waals surface area contributed by atoms with Gasteiger partial charge in [-0.3, -0.25) is 77.3 Å². The molecule has 0 unspecified atom stereocenters. The van der Waals surface area contributed by atoms with E-state index in [1.54, 1.807) is 58.0 Å². The molecule has 0 spiro atoms. The summed E-state index contributed by atoms with van der Waals surface area (Å²) in [5.74, 6) is -14.3. The van der Waals surface area contributed by atoms with Gasteiger partial charge in [-0.1, -0.05) is 70.9 Å². The van der Waals surface area contributed by atoms with Crippen molar-refractivity contribution in [1.82, 2.24) is 63.4 Å². The number of nitrogens with one attached hydrogen (secondary N) is 11. The standard InChI is InChI=1S/C70H121N25O15/c1-5-39(3)54(93-60(102)46(26-17-35-84-70(79)80)87-57(99)44(24-15-33-82-68(75)76)85-56(98)42-23-14-32-81-42)64(106)89-47(22-11-13-31-72)66(108)95-36-18-27-51(95)63(105)88-45(25-16-34-83-69(77)78)58(100)86-43(21-10-12-30-71)59(101)94-55(40(4)6-2)65(107)92-50(38-53(74)97)62(104)91-49(37-41-19-8-7-9-20-41)61(103)90-48(67(109)110)28-29-52(73)96/h7-9,19-20,39-40,42-51,54-55,81H,5-6,10-18,21-38,71-72H2,1-4H3,(H2,73,96)(H2,74,97)(H,85,98)(H,86,100)(H,87,99)(H,88,105)(H,89,106)(H,90,103)(H,91,104)(H,92,107)(H,93,102)(H,94,101)(H,109,110)(H4,75,76,82)(H4,77,78,83)(H4,79,80,84)/t39-,40-,42-,43-,44-,45-,46-,47-,48-,49-,50-,51-,54-,55-/m0/s1. The Morgan fingerprint density at radius 1 is 0.464 bits per heavy atom. The summed E-state index contributed by atoms with van der Waals surface area (Å²) in [6, 6.07) is -7.89. The molecule has 2 aliphatic rings. The smallest absolute Gasteiger partial charge is 0.326 e. The lowest BCUT2D eigenvalue weighted by atomic mass is 9.96. The Kier molecular flexibility index (Phi) is 42.8.